The van der Waals surface area contributed by atoms with E-state index < -0.39 is 14.8 Å². The van der Waals surface area contributed by atoms with E-state index in [4.69, 9.17) is 74.1 Å². The van der Waals surface area contributed by atoms with E-state index in [1.54, 1.807) is 48.5 Å². The van der Waals surface area contributed by atoms with E-state index in [-0.39, 0.29) is 115 Å². The van der Waals surface area contributed by atoms with Crippen LogP contribution in [0.2, 0.25) is 0 Å². The number of nitrogen functional groups attached to an aromatic ring is 2. The minimum absolute atomic E-state index is 0. The number of oxazole rings is 5. The fraction of sp³-hybridized carbons (Fsp3) is 0.405. The van der Waals surface area contributed by atoms with Gasteiger partial charge in [0.2, 0.25) is 0 Å². The van der Waals surface area contributed by atoms with E-state index in [1.165, 1.54) is 14.1 Å². The maximum atomic E-state index is 8.81. The second-order valence-electron chi connectivity index (χ2n) is 15.4. The Morgan fingerprint density at radius 2 is 0.394 bits per heavy atom. The Morgan fingerprint density at radius 3 is 0.500 bits per heavy atom. The van der Waals surface area contributed by atoms with Gasteiger partial charge in [-0.1, -0.05) is 244 Å². The predicted octanol–water partition coefficient (Wildman–Crippen LogP) is 24.5. The summed E-state index contributed by atoms with van der Waals surface area (Å²) in [6.45, 7) is 25.2. The monoisotopic (exact) mass is 1470 g/mol. The Bertz CT molecular complexity index is 3020. The van der Waals surface area contributed by atoms with Crippen molar-refractivity contribution in [2.45, 2.75) is 194 Å². The molecule has 0 fully saturated rings. The number of hydrogen-bond acceptors (Lipinski definition) is 22. The lowest BCUT2D eigenvalue weighted by molar-refractivity contribution is -0.445. The molecule has 25 heteroatoms. The van der Waals surface area contributed by atoms with Crippen LogP contribution in [0.5, 0.6) is 11.5 Å². The third-order valence-electron chi connectivity index (χ3n) is 8.88. The van der Waals surface area contributed by atoms with Gasteiger partial charge < -0.3 is 55.2 Å². The number of para-hydroxylation sites is 14. The molecule has 5 aromatic heterocycles. The molecule has 0 atom stereocenters. The van der Waals surface area contributed by atoms with E-state index >= 15 is 0 Å². The Morgan fingerprint density at radius 1 is 0.279 bits per heavy atom. The molecule has 0 aliphatic rings. The van der Waals surface area contributed by atoms with Gasteiger partial charge in [-0.15, -0.1) is 0 Å². The molecule has 25 nitrogen and oxygen atoms in total. The Balaban J connectivity index is -0.0000000484. The molecule has 5 heterocycles. The molecular formula is C79H148N12O13. The SMILES string of the molecule is C.C.C.C.C.C.C.C.C.C.C.C.C.C.CC.CC.CC.CC.CN.CN.C[N+](=O)[O-].C[N+](=O)[O-].C[N+](=O)[O-].Cc1nc2ccccc2o1.Cc1nc2ccccc2o1.Cc1nc2ccccc2o1.Cc1nc2ccccc2o1.Cc1nc2ccccc2o1.Nc1ccccc1O.Nc1ccccc1O. The number of anilines is 2. The van der Waals surface area contributed by atoms with Gasteiger partial charge in [-0.2, -0.15) is 0 Å². The predicted molar refractivity (Wildman–Crippen MR) is 457 cm³/mol. The zero-order chi connectivity index (χ0) is 69.6. The fourth-order valence-electron chi connectivity index (χ4n) is 5.91. The molecule has 10 N–H and O–H groups in total. The molecule has 0 radical (unpaired) electrons. The highest BCUT2D eigenvalue weighted by Crippen LogP contribution is 2.19. The second-order valence-corrected chi connectivity index (χ2v) is 15.4. The van der Waals surface area contributed by atoms with Gasteiger partial charge in [0.25, 0.3) is 0 Å². The lowest BCUT2D eigenvalue weighted by Crippen LogP contribution is -1.82. The average molecular weight is 1470 g/mol. The summed E-state index contributed by atoms with van der Waals surface area (Å²) in [5.74, 6) is 3.91. The van der Waals surface area contributed by atoms with Crippen molar-refractivity contribution in [1.29, 1.82) is 0 Å². The van der Waals surface area contributed by atoms with Crippen molar-refractivity contribution in [2.75, 3.05) is 46.7 Å². The third kappa shape index (κ3) is 65.8. The van der Waals surface area contributed by atoms with Crippen molar-refractivity contribution >= 4 is 66.9 Å². The van der Waals surface area contributed by atoms with Crippen LogP contribution in [0.3, 0.4) is 0 Å². The molecule has 0 saturated carbocycles. The first-order valence-electron chi connectivity index (χ1n) is 28.2. The number of benzene rings is 7. The number of aromatic nitrogens is 5. The molecule has 0 unspecified atom stereocenters. The van der Waals surface area contributed by atoms with Crippen LogP contribution in [-0.4, -0.2) is 85.1 Å². The number of aryl methyl sites for hydroxylation is 5. The Labute approximate surface area is 629 Å². The van der Waals surface area contributed by atoms with Gasteiger partial charge in [0.15, 0.2) is 78.5 Å². The number of aromatic hydroxyl groups is 2. The molecule has 0 amide bonds. The third-order valence-corrected chi connectivity index (χ3v) is 8.88. The lowest BCUT2D eigenvalue weighted by Gasteiger charge is -1.92. The smallest absolute Gasteiger partial charge is 0.194 e. The Kier molecular flexibility index (Phi) is 119. The van der Waals surface area contributed by atoms with Crippen LogP contribution in [0, 0.1) is 65.0 Å². The molecule has 12 rings (SSSR count). The van der Waals surface area contributed by atoms with Gasteiger partial charge in [0, 0.05) is 49.4 Å². The Hall–Kier alpha value is -10.8. The van der Waals surface area contributed by atoms with Crippen LogP contribution in [0.4, 0.5) is 11.4 Å². The first-order valence-corrected chi connectivity index (χ1v) is 28.2. The summed E-state index contributed by atoms with van der Waals surface area (Å²) in [4.78, 5) is 45.6. The quantitative estimate of drug-likeness (QED) is 0.0355. The van der Waals surface area contributed by atoms with Crippen molar-refractivity contribution in [3.63, 3.8) is 0 Å². The normalized spacial score (nSPS) is 7.50. The zero-order valence-electron chi connectivity index (χ0n) is 54.9. The number of rotatable bonds is 0. The molecule has 0 spiro atoms. The van der Waals surface area contributed by atoms with Crippen molar-refractivity contribution in [3.8, 4) is 11.5 Å². The second kappa shape index (κ2) is 88.3. The number of phenolic OH excluding ortho intramolecular Hbond substituents is 2. The maximum Gasteiger partial charge on any atom is 0.194 e. The number of nitrogens with two attached hydrogens (primary N) is 4. The van der Waals surface area contributed by atoms with Crippen molar-refractivity contribution in [1.82, 2.24) is 24.9 Å². The minimum Gasteiger partial charge on any atom is -0.506 e. The van der Waals surface area contributed by atoms with Crippen molar-refractivity contribution in [2.24, 2.45) is 11.5 Å². The number of nitrogens with zero attached hydrogens (tertiary/aromatic N) is 8. The first kappa shape index (κ1) is 140. The van der Waals surface area contributed by atoms with Crippen LogP contribution in [-0.2, 0) is 0 Å². The van der Waals surface area contributed by atoms with Gasteiger partial charge in [-0.25, -0.2) is 24.9 Å². The highest BCUT2D eigenvalue weighted by molar-refractivity contribution is 5.74. The summed E-state index contributed by atoms with van der Waals surface area (Å²) in [5, 5.41) is 44.0. The largest absolute Gasteiger partial charge is 0.506 e. The van der Waals surface area contributed by atoms with E-state index in [0.29, 0.717) is 11.4 Å². The molecule has 0 aliphatic carbocycles. The summed E-state index contributed by atoms with van der Waals surface area (Å²) in [7, 11) is 5.67. The molecular weight excluding hydrogens is 1320 g/mol. The van der Waals surface area contributed by atoms with E-state index in [0.717, 1.165) is 106 Å². The molecule has 12 aromatic rings. The van der Waals surface area contributed by atoms with E-state index in [9.17, 15) is 0 Å². The highest BCUT2D eigenvalue weighted by Gasteiger charge is 2.01. The van der Waals surface area contributed by atoms with Crippen LogP contribution >= 0.6 is 0 Å². The van der Waals surface area contributed by atoms with Crippen LogP contribution in [0.1, 0.15) is 189 Å². The standard InChI is InChI=1S/5C8H7NO.2C6H7NO.4C2H6.3CH3NO2.2CH5N.14CH4/c5*1-6-9-7-4-2-3-5-8(7)10-6;2*7-5-3-1-2-4-6(5)8;4*1-2;3*1-2(3)4;2*1-2;;;;;;;;;;;;;;/h5*2-5H,1H3;2*1-4,8H,7H2;4*1-2H3;3*1H3;2*2H2,1H3;14*1H4. The molecule has 0 aliphatic heterocycles. The molecule has 0 saturated heterocycles. The van der Waals surface area contributed by atoms with Crippen molar-refractivity contribution < 1.29 is 47.1 Å². The number of nitro groups is 3. The summed E-state index contributed by atoms with van der Waals surface area (Å²) < 4.78 is 26.3. The van der Waals surface area contributed by atoms with Crippen LogP contribution in [0.15, 0.2) is 192 Å². The van der Waals surface area contributed by atoms with E-state index in [2.05, 4.69) is 36.4 Å². The van der Waals surface area contributed by atoms with Gasteiger partial charge in [0.05, 0.1) is 11.4 Å². The van der Waals surface area contributed by atoms with E-state index in [1.807, 2.05) is 211 Å². The highest BCUT2D eigenvalue weighted by atomic mass is 16.6. The van der Waals surface area contributed by atoms with Crippen LogP contribution in [0.25, 0.3) is 55.5 Å². The van der Waals surface area contributed by atoms with Gasteiger partial charge in [0.1, 0.15) is 39.1 Å². The molecule has 0 bridgehead atoms. The summed E-state index contributed by atoms with van der Waals surface area (Å²) >= 11 is 0. The lowest BCUT2D eigenvalue weighted by atomic mass is 10.3. The van der Waals surface area contributed by atoms with Crippen molar-refractivity contribution in [3.05, 3.63) is 230 Å². The first-order chi connectivity index (χ1) is 43.1. The number of phenols is 2. The minimum atomic E-state index is -0.500. The molecule has 602 valence electrons. The van der Waals surface area contributed by atoms with Gasteiger partial charge in [-0.3, -0.25) is 30.3 Å². The molecule has 7 aromatic carbocycles. The number of fused-ring (bicyclic) bond motifs is 5. The van der Waals surface area contributed by atoms with Gasteiger partial charge in [-0.05, 0) is 99.0 Å². The molecule has 104 heavy (non-hydrogen) atoms. The summed E-state index contributed by atoms with van der Waals surface area (Å²) in [6, 6.07) is 52.1. The number of hydrogen-bond donors (Lipinski definition) is 6. The topological polar surface area (TPSA) is 404 Å². The summed E-state index contributed by atoms with van der Waals surface area (Å²) in [5.41, 5.74) is 29.3. The maximum absolute atomic E-state index is 8.81. The zero-order valence-corrected chi connectivity index (χ0v) is 54.9. The van der Waals surface area contributed by atoms with Crippen LogP contribution < -0.4 is 22.9 Å². The average Bonchev–Trinajstić information content (AvgIpc) is 1.77. The summed E-state index contributed by atoms with van der Waals surface area (Å²) in [6.07, 6.45) is 0. The van der Waals surface area contributed by atoms with Gasteiger partial charge >= 0.3 is 0 Å². The fourth-order valence-corrected chi connectivity index (χ4v) is 5.91.